The van der Waals surface area contributed by atoms with Crippen LogP contribution in [0.5, 0.6) is 0 Å². The van der Waals surface area contributed by atoms with Crippen LogP contribution in [-0.2, 0) is 9.59 Å². The number of likely N-dealkylation sites (N-methyl/N-ethyl adjacent to an activating group) is 1. The Hall–Kier alpha value is -1.10. The third-order valence-electron chi connectivity index (χ3n) is 3.34. The molecule has 0 heterocycles. The van der Waals surface area contributed by atoms with Gasteiger partial charge in [-0.25, -0.2) is 0 Å². The van der Waals surface area contributed by atoms with Crippen molar-refractivity contribution in [2.75, 3.05) is 13.6 Å². The third kappa shape index (κ3) is 4.34. The molecule has 5 heteroatoms. The van der Waals surface area contributed by atoms with Gasteiger partial charge >= 0.3 is 0 Å². The predicted molar refractivity (Wildman–Crippen MR) is 66.3 cm³/mol. The first-order valence-electron chi connectivity index (χ1n) is 6.31. The summed E-state index contributed by atoms with van der Waals surface area (Å²) in [6.07, 6.45) is 5.79. The monoisotopic (exact) mass is 241 g/mol. The van der Waals surface area contributed by atoms with Crippen LogP contribution in [0, 0.1) is 0 Å². The van der Waals surface area contributed by atoms with E-state index in [2.05, 4.69) is 5.32 Å². The lowest BCUT2D eigenvalue weighted by molar-refractivity contribution is -0.134. The van der Waals surface area contributed by atoms with Gasteiger partial charge in [-0.2, -0.15) is 0 Å². The maximum atomic E-state index is 11.8. The summed E-state index contributed by atoms with van der Waals surface area (Å²) in [7, 11) is 1.82. The first-order chi connectivity index (χ1) is 8.02. The normalized spacial score (nSPS) is 18.5. The molecule has 3 N–H and O–H groups in total. The highest BCUT2D eigenvalue weighted by molar-refractivity contribution is 5.87. The van der Waals surface area contributed by atoms with Crippen LogP contribution >= 0.6 is 0 Å². The Morgan fingerprint density at radius 2 is 1.94 bits per heavy atom. The second kappa shape index (κ2) is 6.59. The van der Waals surface area contributed by atoms with Gasteiger partial charge in [0.1, 0.15) is 0 Å². The summed E-state index contributed by atoms with van der Waals surface area (Å²) in [5.41, 5.74) is 5.40. The smallest absolute Gasteiger partial charge is 0.241 e. The first-order valence-corrected chi connectivity index (χ1v) is 6.31. The number of nitrogens with two attached hydrogens (primary N) is 1. The molecule has 0 spiro atoms. The van der Waals surface area contributed by atoms with Crippen LogP contribution in [0.25, 0.3) is 0 Å². The number of nitrogens with zero attached hydrogens (tertiary/aromatic N) is 1. The van der Waals surface area contributed by atoms with Gasteiger partial charge in [-0.3, -0.25) is 9.59 Å². The molecule has 5 nitrogen and oxygen atoms in total. The Kier molecular flexibility index (Phi) is 5.41. The molecule has 1 aliphatic rings. The summed E-state index contributed by atoms with van der Waals surface area (Å²) in [5.74, 6) is -0.318. The number of carbonyl (C=O) groups is 2. The largest absolute Gasteiger partial charge is 0.346 e. The average molecular weight is 241 g/mol. The van der Waals surface area contributed by atoms with E-state index in [1.165, 1.54) is 19.3 Å². The van der Waals surface area contributed by atoms with Crippen molar-refractivity contribution in [1.82, 2.24) is 10.2 Å². The topological polar surface area (TPSA) is 75.4 Å². The highest BCUT2D eigenvalue weighted by atomic mass is 16.2. The van der Waals surface area contributed by atoms with Gasteiger partial charge in [0.15, 0.2) is 0 Å². The summed E-state index contributed by atoms with van der Waals surface area (Å²) in [6.45, 7) is 1.65. The van der Waals surface area contributed by atoms with Crippen LogP contribution in [0.4, 0.5) is 0 Å². The molecule has 98 valence electrons. The molecule has 0 aromatic carbocycles. The van der Waals surface area contributed by atoms with E-state index in [4.69, 9.17) is 5.73 Å². The maximum absolute atomic E-state index is 11.8. The lowest BCUT2D eigenvalue weighted by atomic mass is 9.94. The molecule has 0 aromatic heterocycles. The minimum Gasteiger partial charge on any atom is -0.346 e. The second-order valence-electron chi connectivity index (χ2n) is 4.80. The van der Waals surface area contributed by atoms with Crippen molar-refractivity contribution in [2.24, 2.45) is 5.73 Å². The van der Waals surface area contributed by atoms with E-state index in [0.717, 1.165) is 12.8 Å². The lowest BCUT2D eigenvalue weighted by Crippen LogP contribution is -2.46. The van der Waals surface area contributed by atoms with Gasteiger partial charge in [0.2, 0.25) is 11.8 Å². The molecule has 2 amide bonds. The Labute approximate surface area is 103 Å². The molecular formula is C12H23N3O2. The zero-order chi connectivity index (χ0) is 12.8. The van der Waals surface area contributed by atoms with E-state index in [1.54, 1.807) is 11.8 Å². The number of amides is 2. The summed E-state index contributed by atoms with van der Waals surface area (Å²) in [6, 6.07) is -0.230. The van der Waals surface area contributed by atoms with E-state index in [-0.39, 0.29) is 18.4 Å². The van der Waals surface area contributed by atoms with E-state index in [9.17, 15) is 9.59 Å². The number of rotatable bonds is 4. The van der Waals surface area contributed by atoms with Crippen molar-refractivity contribution < 1.29 is 9.59 Å². The molecule has 0 aromatic rings. The predicted octanol–water partition coefficient (Wildman–Crippen LogP) is 0.241. The van der Waals surface area contributed by atoms with Gasteiger partial charge in [0, 0.05) is 13.1 Å². The van der Waals surface area contributed by atoms with Crippen molar-refractivity contribution in [1.29, 1.82) is 0 Å². The molecule has 0 bridgehead atoms. The molecule has 1 saturated carbocycles. The zero-order valence-electron chi connectivity index (χ0n) is 10.7. The number of hydrogen-bond acceptors (Lipinski definition) is 3. The fourth-order valence-corrected chi connectivity index (χ4v) is 2.12. The highest BCUT2D eigenvalue weighted by Crippen LogP contribution is 2.21. The van der Waals surface area contributed by atoms with Gasteiger partial charge in [-0.1, -0.05) is 19.3 Å². The number of nitrogens with one attached hydrogen (secondary N) is 1. The molecule has 0 aliphatic heterocycles. The van der Waals surface area contributed by atoms with Crippen LogP contribution in [0.15, 0.2) is 0 Å². The molecule has 1 atom stereocenters. The molecule has 1 aliphatic carbocycles. The molecule has 0 radical (unpaired) electrons. The van der Waals surface area contributed by atoms with Gasteiger partial charge in [0.25, 0.3) is 0 Å². The Bertz CT molecular complexity index is 273. The lowest BCUT2D eigenvalue weighted by Gasteiger charge is -2.31. The number of carbonyl (C=O) groups excluding carboxylic acids is 2. The van der Waals surface area contributed by atoms with Crippen LogP contribution in [0.1, 0.15) is 39.0 Å². The zero-order valence-corrected chi connectivity index (χ0v) is 10.7. The van der Waals surface area contributed by atoms with Crippen LogP contribution in [-0.4, -0.2) is 42.4 Å². The molecule has 1 rings (SSSR count). The minimum atomic E-state index is -0.567. The van der Waals surface area contributed by atoms with Gasteiger partial charge in [-0.15, -0.1) is 0 Å². The first kappa shape index (κ1) is 14.0. The van der Waals surface area contributed by atoms with E-state index in [1.807, 2.05) is 7.05 Å². The van der Waals surface area contributed by atoms with E-state index < -0.39 is 6.04 Å². The summed E-state index contributed by atoms with van der Waals surface area (Å²) < 4.78 is 0. The summed E-state index contributed by atoms with van der Waals surface area (Å²) in [4.78, 5) is 24.8. The van der Waals surface area contributed by atoms with Gasteiger partial charge in [-0.05, 0) is 19.8 Å². The second-order valence-corrected chi connectivity index (χ2v) is 4.80. The Morgan fingerprint density at radius 1 is 1.35 bits per heavy atom. The van der Waals surface area contributed by atoms with Crippen molar-refractivity contribution in [2.45, 2.75) is 51.1 Å². The fourth-order valence-electron chi connectivity index (χ4n) is 2.12. The van der Waals surface area contributed by atoms with Crippen LogP contribution in [0.3, 0.4) is 0 Å². The van der Waals surface area contributed by atoms with Crippen molar-refractivity contribution in [3.05, 3.63) is 0 Å². The standard InChI is InChI=1S/C12H23N3O2/c1-9(13)12(17)14-8-11(16)15(2)10-6-4-3-5-7-10/h9-10H,3-8,13H2,1-2H3,(H,14,17)/t9-/m1/s1. The molecular weight excluding hydrogens is 218 g/mol. The highest BCUT2D eigenvalue weighted by Gasteiger charge is 2.22. The molecule has 1 fully saturated rings. The van der Waals surface area contributed by atoms with Crippen LogP contribution in [0.2, 0.25) is 0 Å². The van der Waals surface area contributed by atoms with Gasteiger partial charge in [0.05, 0.1) is 12.6 Å². The van der Waals surface area contributed by atoms with E-state index in [0.29, 0.717) is 6.04 Å². The van der Waals surface area contributed by atoms with Crippen molar-refractivity contribution in [3.63, 3.8) is 0 Å². The summed E-state index contributed by atoms with van der Waals surface area (Å²) >= 11 is 0. The summed E-state index contributed by atoms with van der Waals surface area (Å²) in [5, 5.41) is 2.55. The van der Waals surface area contributed by atoms with Crippen molar-refractivity contribution in [3.8, 4) is 0 Å². The molecule has 0 unspecified atom stereocenters. The minimum absolute atomic E-state index is 0.0362. The molecule has 0 saturated heterocycles. The fraction of sp³-hybridized carbons (Fsp3) is 0.833. The van der Waals surface area contributed by atoms with E-state index >= 15 is 0 Å². The SMILES string of the molecule is C[C@@H](N)C(=O)NCC(=O)N(C)C1CCCCC1. The third-order valence-corrected chi connectivity index (χ3v) is 3.34. The Morgan fingerprint density at radius 3 is 2.47 bits per heavy atom. The van der Waals surface area contributed by atoms with Crippen molar-refractivity contribution >= 4 is 11.8 Å². The maximum Gasteiger partial charge on any atom is 0.241 e. The van der Waals surface area contributed by atoms with Crippen LogP contribution < -0.4 is 11.1 Å². The number of hydrogen-bond donors (Lipinski definition) is 2. The average Bonchev–Trinajstić information content (AvgIpc) is 2.35. The van der Waals surface area contributed by atoms with Gasteiger partial charge < -0.3 is 16.0 Å². The molecule has 17 heavy (non-hydrogen) atoms. The Balaban J connectivity index is 2.33. The quantitative estimate of drug-likeness (QED) is 0.740.